The molecule has 9 heavy (non-hydrogen) atoms. The summed E-state index contributed by atoms with van der Waals surface area (Å²) < 4.78 is 0. The van der Waals surface area contributed by atoms with Crippen LogP contribution in [0.1, 0.15) is 13.8 Å². The van der Waals surface area contributed by atoms with Crippen molar-refractivity contribution in [2.75, 3.05) is 0 Å². The lowest BCUT2D eigenvalue weighted by Gasteiger charge is -2.08. The lowest BCUT2D eigenvalue weighted by atomic mass is 10.5. The summed E-state index contributed by atoms with van der Waals surface area (Å²) in [7, 11) is 0. The van der Waals surface area contributed by atoms with Crippen molar-refractivity contribution in [2.45, 2.75) is 24.3 Å². The maximum atomic E-state index is 3.69. The van der Waals surface area contributed by atoms with E-state index >= 15 is 0 Å². The first-order valence-corrected chi connectivity index (χ1v) is 4.05. The van der Waals surface area contributed by atoms with Crippen LogP contribution in [0.3, 0.4) is 0 Å². The zero-order valence-corrected chi connectivity index (χ0v) is 6.95. The average Bonchev–Trinajstić information content (AvgIpc) is 1.87. The Bertz CT molecular complexity index is 84.7. The highest BCUT2D eigenvalue weighted by Crippen LogP contribution is 2.17. The maximum Gasteiger partial charge on any atom is 0.0201 e. The lowest BCUT2D eigenvalue weighted by molar-refractivity contribution is 1.19. The predicted octanol–water partition coefficient (Wildman–Crippen LogP) is 2.87. The van der Waals surface area contributed by atoms with Crippen LogP contribution < -0.4 is 0 Å². The lowest BCUT2D eigenvalue weighted by Crippen LogP contribution is -1.97. The van der Waals surface area contributed by atoms with Gasteiger partial charge < -0.3 is 0 Å². The van der Waals surface area contributed by atoms with Crippen LogP contribution >= 0.6 is 11.8 Å². The minimum absolute atomic E-state index is 0.540. The highest BCUT2D eigenvalue weighted by molar-refractivity contribution is 8.00. The number of rotatable bonds is 4. The molecule has 52 valence electrons. The van der Waals surface area contributed by atoms with E-state index < -0.39 is 0 Å². The van der Waals surface area contributed by atoms with E-state index in [1.807, 2.05) is 23.9 Å². The highest BCUT2D eigenvalue weighted by Gasteiger charge is 2.00. The molecule has 0 bridgehead atoms. The Kier molecular flexibility index (Phi) is 4.60. The Hall–Kier alpha value is -0.170. The van der Waals surface area contributed by atoms with E-state index in [4.69, 9.17) is 0 Å². The van der Waals surface area contributed by atoms with Crippen LogP contribution in [0.15, 0.2) is 25.3 Å². The van der Waals surface area contributed by atoms with Gasteiger partial charge in [-0.05, 0) is 13.8 Å². The van der Waals surface area contributed by atoms with Gasteiger partial charge in [-0.2, -0.15) is 0 Å². The molecule has 0 saturated carbocycles. The molecule has 1 heteroatoms. The molecule has 0 aromatic carbocycles. The zero-order valence-electron chi connectivity index (χ0n) is 6.13. The molecule has 0 aliphatic heterocycles. The van der Waals surface area contributed by atoms with Gasteiger partial charge in [0.2, 0.25) is 0 Å². The van der Waals surface area contributed by atoms with Crippen molar-refractivity contribution < 1.29 is 0 Å². The van der Waals surface area contributed by atoms with Crippen LogP contribution in [0.4, 0.5) is 0 Å². The summed E-state index contributed by atoms with van der Waals surface area (Å²) in [6, 6.07) is 0. The second kappa shape index (κ2) is 4.68. The third-order valence-corrected chi connectivity index (χ3v) is 2.34. The van der Waals surface area contributed by atoms with E-state index in [0.717, 1.165) is 0 Å². The molecule has 0 N–H and O–H groups in total. The van der Waals surface area contributed by atoms with Gasteiger partial charge in [0.15, 0.2) is 0 Å². The summed E-state index contributed by atoms with van der Waals surface area (Å²) >= 11 is 1.86. The van der Waals surface area contributed by atoms with Gasteiger partial charge in [0, 0.05) is 10.5 Å². The second-order valence-electron chi connectivity index (χ2n) is 2.02. The van der Waals surface area contributed by atoms with E-state index in [2.05, 4.69) is 27.0 Å². The second-order valence-corrected chi connectivity index (χ2v) is 3.78. The van der Waals surface area contributed by atoms with E-state index in [9.17, 15) is 0 Å². The molecule has 0 nitrogen and oxygen atoms in total. The van der Waals surface area contributed by atoms with Crippen molar-refractivity contribution >= 4 is 11.8 Å². The van der Waals surface area contributed by atoms with Gasteiger partial charge in [0.25, 0.3) is 0 Å². The van der Waals surface area contributed by atoms with Gasteiger partial charge in [-0.15, -0.1) is 24.9 Å². The molecule has 0 aromatic rings. The topological polar surface area (TPSA) is 0 Å². The van der Waals surface area contributed by atoms with Crippen LogP contribution in [0.2, 0.25) is 0 Å². The third-order valence-electron chi connectivity index (χ3n) is 1.09. The number of hydrogen-bond acceptors (Lipinski definition) is 1. The fourth-order valence-corrected chi connectivity index (χ4v) is 1.35. The quantitative estimate of drug-likeness (QED) is 0.544. The monoisotopic (exact) mass is 142 g/mol. The molecular weight excluding hydrogens is 128 g/mol. The summed E-state index contributed by atoms with van der Waals surface area (Å²) in [6.45, 7) is 11.7. The average molecular weight is 142 g/mol. The molecule has 0 heterocycles. The minimum Gasteiger partial charge on any atom is -0.147 e. The molecule has 0 radical (unpaired) electrons. The van der Waals surface area contributed by atoms with Crippen molar-refractivity contribution in [3.05, 3.63) is 25.3 Å². The van der Waals surface area contributed by atoms with Gasteiger partial charge in [0.1, 0.15) is 0 Å². The molecule has 0 saturated heterocycles. The van der Waals surface area contributed by atoms with Crippen LogP contribution in [0.25, 0.3) is 0 Å². The van der Waals surface area contributed by atoms with Gasteiger partial charge in [-0.25, -0.2) is 0 Å². The van der Waals surface area contributed by atoms with Crippen LogP contribution in [-0.4, -0.2) is 10.5 Å². The molecule has 0 fully saturated rings. The SMILES string of the molecule is C=C[C@@H](C)S[C@@H](C)C=C. The first kappa shape index (κ1) is 8.83. The molecule has 0 aliphatic carbocycles. The third kappa shape index (κ3) is 4.34. The fraction of sp³-hybridized carbons (Fsp3) is 0.500. The van der Waals surface area contributed by atoms with Crippen LogP contribution in [-0.2, 0) is 0 Å². The Balaban J connectivity index is 3.45. The fourth-order valence-electron chi connectivity index (χ4n) is 0.450. The number of hydrogen-bond donors (Lipinski definition) is 0. The van der Waals surface area contributed by atoms with E-state index in [1.54, 1.807) is 0 Å². The summed E-state index contributed by atoms with van der Waals surface area (Å²) in [5.74, 6) is 0. The Morgan fingerprint density at radius 1 is 1.11 bits per heavy atom. The van der Waals surface area contributed by atoms with Gasteiger partial charge in [0.05, 0.1) is 0 Å². The normalized spacial score (nSPS) is 16.2. The number of thioether (sulfide) groups is 1. The zero-order chi connectivity index (χ0) is 7.28. The van der Waals surface area contributed by atoms with Gasteiger partial charge in [-0.3, -0.25) is 0 Å². The predicted molar refractivity (Wildman–Crippen MR) is 46.9 cm³/mol. The molecule has 0 aliphatic rings. The van der Waals surface area contributed by atoms with E-state index in [0.29, 0.717) is 10.5 Å². The first-order chi connectivity index (χ1) is 4.20. The summed E-state index contributed by atoms with van der Waals surface area (Å²) in [4.78, 5) is 0. The Morgan fingerprint density at radius 2 is 1.44 bits per heavy atom. The Labute approximate surface area is 62.0 Å². The molecule has 0 unspecified atom stereocenters. The summed E-state index contributed by atoms with van der Waals surface area (Å²) in [5.41, 5.74) is 0. The smallest absolute Gasteiger partial charge is 0.0201 e. The maximum absolute atomic E-state index is 3.69. The van der Waals surface area contributed by atoms with Gasteiger partial charge >= 0.3 is 0 Å². The van der Waals surface area contributed by atoms with Crippen LogP contribution in [0, 0.1) is 0 Å². The van der Waals surface area contributed by atoms with Crippen molar-refractivity contribution in [1.29, 1.82) is 0 Å². The van der Waals surface area contributed by atoms with Crippen molar-refractivity contribution in [2.24, 2.45) is 0 Å². The molecule has 0 amide bonds. The van der Waals surface area contributed by atoms with Crippen molar-refractivity contribution in [1.82, 2.24) is 0 Å². The summed E-state index contributed by atoms with van der Waals surface area (Å²) in [6.07, 6.45) is 3.90. The van der Waals surface area contributed by atoms with Gasteiger partial charge in [-0.1, -0.05) is 12.2 Å². The molecule has 0 aromatic heterocycles. The minimum atomic E-state index is 0.540. The van der Waals surface area contributed by atoms with Crippen LogP contribution in [0.5, 0.6) is 0 Å². The first-order valence-electron chi connectivity index (χ1n) is 3.11. The Morgan fingerprint density at radius 3 is 1.67 bits per heavy atom. The van der Waals surface area contributed by atoms with Crippen molar-refractivity contribution in [3.63, 3.8) is 0 Å². The molecule has 2 atom stereocenters. The van der Waals surface area contributed by atoms with E-state index in [1.165, 1.54) is 0 Å². The molecular formula is C8H14S. The van der Waals surface area contributed by atoms with Crippen molar-refractivity contribution in [3.8, 4) is 0 Å². The molecule has 0 spiro atoms. The molecule has 0 rings (SSSR count). The largest absolute Gasteiger partial charge is 0.147 e. The summed E-state index contributed by atoms with van der Waals surface area (Å²) in [5, 5.41) is 1.08. The van der Waals surface area contributed by atoms with E-state index in [-0.39, 0.29) is 0 Å². The highest BCUT2D eigenvalue weighted by atomic mass is 32.2. The standard InChI is InChI=1S/C8H14S/c1-5-7(3)9-8(4)6-2/h5-8H,1-2H2,3-4H3/t7-,8+.